The van der Waals surface area contributed by atoms with E-state index in [1.807, 2.05) is 48.5 Å². The molecule has 4 nitrogen and oxygen atoms in total. The van der Waals surface area contributed by atoms with Crippen molar-refractivity contribution < 1.29 is 9.53 Å². The van der Waals surface area contributed by atoms with Crippen LogP contribution in [0.15, 0.2) is 60.7 Å². The molecule has 108 valence electrons. The molecule has 0 bridgehead atoms. The van der Waals surface area contributed by atoms with Gasteiger partial charge in [0.1, 0.15) is 11.6 Å². The first kappa shape index (κ1) is 15.2. The summed E-state index contributed by atoms with van der Waals surface area (Å²) in [5, 5.41) is 0. The zero-order valence-corrected chi connectivity index (χ0v) is 12.3. The topological polar surface area (TPSA) is 55.6 Å². The van der Waals surface area contributed by atoms with Crippen LogP contribution in [0.2, 0.25) is 0 Å². The van der Waals surface area contributed by atoms with Crippen LogP contribution in [0.4, 0.5) is 10.5 Å². The molecule has 0 radical (unpaired) electrons. The van der Waals surface area contributed by atoms with Crippen molar-refractivity contribution in [1.82, 2.24) is 0 Å². The van der Waals surface area contributed by atoms with Crippen molar-refractivity contribution in [3.8, 4) is 0 Å². The number of hydrogen-bond acceptors (Lipinski definition) is 4. The van der Waals surface area contributed by atoms with Crippen molar-refractivity contribution >= 4 is 29.0 Å². The van der Waals surface area contributed by atoms with Gasteiger partial charge in [0, 0.05) is 6.54 Å². The number of carbonyl (C=O) groups excluding carboxylic acids is 1. The molecule has 0 heterocycles. The molecule has 0 unspecified atom stereocenters. The lowest BCUT2D eigenvalue weighted by Crippen LogP contribution is -2.40. The number of amides is 1. The van der Waals surface area contributed by atoms with Crippen molar-refractivity contribution in [2.24, 2.45) is 5.73 Å². The molecule has 2 rings (SSSR count). The number of thiocarbonyl (C=S) groups is 1. The molecule has 0 aliphatic heterocycles. The van der Waals surface area contributed by atoms with Gasteiger partial charge in [-0.25, -0.2) is 9.69 Å². The molecule has 0 atom stereocenters. The van der Waals surface area contributed by atoms with Crippen LogP contribution in [-0.4, -0.2) is 17.6 Å². The van der Waals surface area contributed by atoms with Crippen LogP contribution in [0.3, 0.4) is 0 Å². The number of carbonyl (C=O) groups is 1. The largest absolute Gasteiger partial charge is 0.444 e. The Morgan fingerprint density at radius 1 is 1.05 bits per heavy atom. The predicted molar refractivity (Wildman–Crippen MR) is 87.2 cm³/mol. The molecule has 0 aromatic heterocycles. The number of hydrogen-bond donors (Lipinski definition) is 1. The number of nitrogens with two attached hydrogens (primary N) is 1. The fraction of sp³-hybridized carbons (Fsp3) is 0.125. The normalized spacial score (nSPS) is 9.95. The first-order valence-corrected chi connectivity index (χ1v) is 6.92. The highest BCUT2D eigenvalue weighted by molar-refractivity contribution is 7.80. The van der Waals surface area contributed by atoms with Crippen molar-refractivity contribution in [3.05, 3.63) is 66.2 Å². The van der Waals surface area contributed by atoms with Crippen LogP contribution in [0, 0.1) is 0 Å². The van der Waals surface area contributed by atoms with Crippen LogP contribution < -0.4 is 10.6 Å². The summed E-state index contributed by atoms with van der Waals surface area (Å²) in [4.78, 5) is 13.9. The minimum atomic E-state index is -0.527. The monoisotopic (exact) mass is 300 g/mol. The van der Waals surface area contributed by atoms with Gasteiger partial charge in [-0.15, -0.1) is 0 Å². The first-order valence-electron chi connectivity index (χ1n) is 6.51. The Morgan fingerprint density at radius 2 is 1.62 bits per heavy atom. The third-order valence-electron chi connectivity index (χ3n) is 2.83. The van der Waals surface area contributed by atoms with Gasteiger partial charge in [0.2, 0.25) is 0 Å². The van der Waals surface area contributed by atoms with Crippen molar-refractivity contribution in [3.63, 3.8) is 0 Å². The molecule has 2 N–H and O–H groups in total. The van der Waals surface area contributed by atoms with Gasteiger partial charge in [0.25, 0.3) is 0 Å². The maximum absolute atomic E-state index is 12.3. The minimum Gasteiger partial charge on any atom is -0.444 e. The number of rotatable bonds is 4. The highest BCUT2D eigenvalue weighted by Gasteiger charge is 2.20. The molecule has 0 saturated heterocycles. The third-order valence-corrected chi connectivity index (χ3v) is 3.18. The van der Waals surface area contributed by atoms with Gasteiger partial charge in [-0.1, -0.05) is 60.7 Å². The van der Waals surface area contributed by atoms with Crippen LogP contribution in [0.25, 0.3) is 0 Å². The summed E-state index contributed by atoms with van der Waals surface area (Å²) < 4.78 is 5.31. The van der Waals surface area contributed by atoms with Crippen molar-refractivity contribution in [1.29, 1.82) is 0 Å². The Kier molecular flexibility index (Phi) is 5.43. The van der Waals surface area contributed by atoms with Gasteiger partial charge in [-0.3, -0.25) is 0 Å². The highest BCUT2D eigenvalue weighted by Crippen LogP contribution is 2.16. The molecule has 2 aromatic carbocycles. The lowest BCUT2D eigenvalue weighted by molar-refractivity contribution is 0.150. The van der Waals surface area contributed by atoms with Crippen LogP contribution >= 0.6 is 12.2 Å². The number of anilines is 1. The zero-order valence-electron chi connectivity index (χ0n) is 11.4. The molecule has 1 amide bonds. The second kappa shape index (κ2) is 7.52. The van der Waals surface area contributed by atoms with Crippen LogP contribution in [-0.2, 0) is 11.3 Å². The predicted octanol–water partition coefficient (Wildman–Crippen LogP) is 3.12. The molecule has 0 fully saturated rings. The molecular formula is C16H16N2O2S. The first-order chi connectivity index (χ1) is 10.2. The van der Waals surface area contributed by atoms with Gasteiger partial charge < -0.3 is 10.5 Å². The lowest BCUT2D eigenvalue weighted by Gasteiger charge is -2.22. The Labute approximate surface area is 129 Å². The van der Waals surface area contributed by atoms with Gasteiger partial charge in [0.15, 0.2) is 0 Å². The van der Waals surface area contributed by atoms with E-state index in [2.05, 4.69) is 0 Å². The molecule has 0 saturated carbocycles. The molecule has 5 heteroatoms. The van der Waals surface area contributed by atoms with E-state index < -0.39 is 6.09 Å². The van der Waals surface area contributed by atoms with Gasteiger partial charge in [-0.2, -0.15) is 0 Å². The maximum atomic E-state index is 12.3. The molecule has 21 heavy (non-hydrogen) atoms. The molecule has 0 aliphatic carbocycles. The third kappa shape index (κ3) is 4.11. The molecule has 2 aromatic rings. The van der Waals surface area contributed by atoms with E-state index in [0.717, 1.165) is 5.56 Å². The minimum absolute atomic E-state index is 0.102. The summed E-state index contributed by atoms with van der Waals surface area (Å²) in [6, 6.07) is 18.6. The summed E-state index contributed by atoms with van der Waals surface area (Å²) in [5.41, 5.74) is 7.12. The summed E-state index contributed by atoms with van der Waals surface area (Å²) in [7, 11) is 0. The van der Waals surface area contributed by atoms with E-state index in [9.17, 15) is 4.79 Å². The van der Waals surface area contributed by atoms with Crippen LogP contribution in [0.5, 0.6) is 0 Å². The molecule has 0 spiro atoms. The lowest BCUT2D eigenvalue weighted by atomic mass is 10.2. The van der Waals surface area contributed by atoms with E-state index in [1.165, 1.54) is 4.90 Å². The Morgan fingerprint density at radius 3 is 2.19 bits per heavy atom. The smallest absolute Gasteiger partial charge is 0.419 e. The van der Waals surface area contributed by atoms with E-state index in [0.29, 0.717) is 10.7 Å². The standard InChI is InChI=1S/C16H16N2O2S/c17-11-15(21)18(14-9-5-2-6-10-14)16(19)20-12-13-7-3-1-4-8-13/h1-10H,11-12,17H2. The Hall–Kier alpha value is -2.24. The summed E-state index contributed by atoms with van der Waals surface area (Å²) in [6.45, 7) is 0.293. The Balaban J connectivity index is 2.10. The summed E-state index contributed by atoms with van der Waals surface area (Å²) in [6.07, 6.45) is -0.527. The van der Waals surface area contributed by atoms with Crippen LogP contribution in [0.1, 0.15) is 5.56 Å². The Bertz CT molecular complexity index is 602. The van der Waals surface area contributed by atoms with E-state index in [4.69, 9.17) is 22.7 Å². The number of para-hydroxylation sites is 1. The quantitative estimate of drug-likeness (QED) is 0.882. The maximum Gasteiger partial charge on any atom is 0.419 e. The van der Waals surface area contributed by atoms with Gasteiger partial charge in [-0.05, 0) is 17.7 Å². The fourth-order valence-corrected chi connectivity index (χ4v) is 1.98. The summed E-state index contributed by atoms with van der Waals surface area (Å²) >= 11 is 5.17. The SMILES string of the molecule is NCC(=S)N(C(=O)OCc1ccccc1)c1ccccc1. The number of ether oxygens (including phenoxy) is 1. The molecular weight excluding hydrogens is 284 g/mol. The van der Waals surface area contributed by atoms with Crippen molar-refractivity contribution in [2.75, 3.05) is 11.4 Å². The number of benzene rings is 2. The second-order valence-electron chi connectivity index (χ2n) is 4.31. The summed E-state index contributed by atoms with van der Waals surface area (Å²) in [5.74, 6) is 0. The highest BCUT2D eigenvalue weighted by atomic mass is 32.1. The zero-order chi connectivity index (χ0) is 15.1. The van der Waals surface area contributed by atoms with Gasteiger partial charge >= 0.3 is 6.09 Å². The van der Waals surface area contributed by atoms with E-state index in [1.54, 1.807) is 12.1 Å². The average Bonchev–Trinajstić information content (AvgIpc) is 2.55. The fourth-order valence-electron chi connectivity index (χ4n) is 1.80. The number of nitrogens with zero attached hydrogens (tertiary/aromatic N) is 1. The van der Waals surface area contributed by atoms with E-state index >= 15 is 0 Å². The van der Waals surface area contributed by atoms with E-state index in [-0.39, 0.29) is 13.2 Å². The van der Waals surface area contributed by atoms with Crippen molar-refractivity contribution in [2.45, 2.75) is 6.61 Å². The van der Waals surface area contributed by atoms with Gasteiger partial charge in [0.05, 0.1) is 5.69 Å². The molecule has 0 aliphatic rings. The average molecular weight is 300 g/mol. The second-order valence-corrected chi connectivity index (χ2v) is 4.78.